The Labute approximate surface area is 259 Å². The standard InChI is InChI=1S/C35H40N2O6S/c1-23-9-5-8-12-33(23)44(40,41)36-34(38)18-25-13-14-37(21-25)22-30(17-26-15-27-10-6-7-11-28(27)16-26)35(39)29-19-31(42-3)24(2)32(20-29)43-4/h5-14,19-21,26,30,35,39H,15-18,22H2,1-4H3,(H,36,38)/t30-,35+/m0/s1. The maximum atomic E-state index is 12.8. The number of fused-ring (bicyclic) bond motifs is 1. The van der Waals surface area contributed by atoms with E-state index in [1.807, 2.05) is 42.1 Å². The molecule has 1 heterocycles. The number of nitrogens with zero attached hydrogens (tertiary/aromatic N) is 1. The third kappa shape index (κ3) is 7.00. The predicted molar refractivity (Wildman–Crippen MR) is 169 cm³/mol. The smallest absolute Gasteiger partial charge is 0.264 e. The van der Waals surface area contributed by atoms with Gasteiger partial charge in [0, 0.05) is 30.4 Å². The first-order valence-electron chi connectivity index (χ1n) is 14.8. The second kappa shape index (κ2) is 13.3. The average Bonchev–Trinajstić information content (AvgIpc) is 3.62. The molecular formula is C35H40N2O6S. The molecule has 1 aromatic heterocycles. The van der Waals surface area contributed by atoms with E-state index in [0.717, 1.165) is 30.4 Å². The molecule has 1 amide bonds. The summed E-state index contributed by atoms with van der Waals surface area (Å²) in [5.74, 6) is 0.932. The van der Waals surface area contributed by atoms with E-state index in [9.17, 15) is 18.3 Å². The highest BCUT2D eigenvalue weighted by Crippen LogP contribution is 2.39. The zero-order valence-corrected chi connectivity index (χ0v) is 26.4. The number of benzene rings is 3. The molecule has 0 bridgehead atoms. The van der Waals surface area contributed by atoms with Crippen molar-refractivity contribution in [2.75, 3.05) is 14.2 Å². The van der Waals surface area contributed by atoms with E-state index in [1.165, 1.54) is 17.2 Å². The molecule has 9 heteroatoms. The van der Waals surface area contributed by atoms with E-state index < -0.39 is 22.0 Å². The number of nitrogens with one attached hydrogen (secondary N) is 1. The summed E-state index contributed by atoms with van der Waals surface area (Å²) in [7, 11) is -0.763. The third-order valence-electron chi connectivity index (χ3n) is 8.59. The summed E-state index contributed by atoms with van der Waals surface area (Å²) in [4.78, 5) is 12.8. The van der Waals surface area contributed by atoms with Gasteiger partial charge in [0.15, 0.2) is 0 Å². The fourth-order valence-corrected chi connectivity index (χ4v) is 7.59. The van der Waals surface area contributed by atoms with Crippen molar-refractivity contribution in [3.63, 3.8) is 0 Å². The molecule has 0 aliphatic heterocycles. The van der Waals surface area contributed by atoms with Crippen LogP contribution in [0.15, 0.2) is 84.0 Å². The van der Waals surface area contributed by atoms with Crippen LogP contribution in [-0.2, 0) is 40.6 Å². The molecule has 0 saturated heterocycles. The lowest BCUT2D eigenvalue weighted by molar-refractivity contribution is -0.118. The van der Waals surface area contributed by atoms with Gasteiger partial charge in [0.2, 0.25) is 5.91 Å². The monoisotopic (exact) mass is 616 g/mol. The number of aromatic nitrogens is 1. The van der Waals surface area contributed by atoms with Crippen LogP contribution in [0.25, 0.3) is 0 Å². The molecule has 2 atom stereocenters. The Morgan fingerprint density at radius 2 is 1.59 bits per heavy atom. The molecule has 0 spiro atoms. The number of aliphatic hydroxyl groups excluding tert-OH is 1. The lowest BCUT2D eigenvalue weighted by Crippen LogP contribution is -2.32. The first-order chi connectivity index (χ1) is 21.1. The largest absolute Gasteiger partial charge is 0.496 e. The molecule has 8 nitrogen and oxygen atoms in total. The quantitative estimate of drug-likeness (QED) is 0.223. The minimum absolute atomic E-state index is 0.0844. The normalized spacial score (nSPS) is 14.6. The predicted octanol–water partition coefficient (Wildman–Crippen LogP) is 5.32. The summed E-state index contributed by atoms with van der Waals surface area (Å²) >= 11 is 0. The third-order valence-corrected chi connectivity index (χ3v) is 10.1. The zero-order valence-electron chi connectivity index (χ0n) is 25.6. The van der Waals surface area contributed by atoms with Gasteiger partial charge >= 0.3 is 0 Å². The highest BCUT2D eigenvalue weighted by atomic mass is 32.2. The highest BCUT2D eigenvalue weighted by molar-refractivity contribution is 7.90. The molecule has 1 aliphatic rings. The minimum atomic E-state index is -3.98. The molecule has 4 aromatic rings. The van der Waals surface area contributed by atoms with Crippen LogP contribution < -0.4 is 14.2 Å². The van der Waals surface area contributed by atoms with Gasteiger partial charge in [0.05, 0.1) is 31.6 Å². The van der Waals surface area contributed by atoms with Crippen molar-refractivity contribution in [1.82, 2.24) is 9.29 Å². The molecule has 0 saturated carbocycles. The number of rotatable bonds is 12. The summed E-state index contributed by atoms with van der Waals surface area (Å²) in [5.41, 5.74) is 5.56. The number of methoxy groups -OCH3 is 2. The topological polar surface area (TPSA) is 107 Å². The van der Waals surface area contributed by atoms with Crippen LogP contribution in [-0.4, -0.2) is 38.2 Å². The Balaban J connectivity index is 1.34. The summed E-state index contributed by atoms with van der Waals surface area (Å²) in [6, 6.07) is 20.6. The Hall–Kier alpha value is -4.08. The molecule has 1 aliphatic carbocycles. The summed E-state index contributed by atoms with van der Waals surface area (Å²) in [6.07, 6.45) is 5.55. The summed E-state index contributed by atoms with van der Waals surface area (Å²) < 4.78 is 40.9. The molecule has 0 radical (unpaired) electrons. The van der Waals surface area contributed by atoms with Crippen LogP contribution in [0.1, 0.15) is 45.9 Å². The van der Waals surface area contributed by atoms with Crippen molar-refractivity contribution in [3.05, 3.63) is 113 Å². The minimum Gasteiger partial charge on any atom is -0.496 e. The van der Waals surface area contributed by atoms with E-state index in [4.69, 9.17) is 9.47 Å². The number of ether oxygens (including phenoxy) is 2. The van der Waals surface area contributed by atoms with Crippen LogP contribution in [0, 0.1) is 25.7 Å². The number of amides is 1. The van der Waals surface area contributed by atoms with E-state index in [0.29, 0.717) is 35.1 Å². The summed E-state index contributed by atoms with van der Waals surface area (Å²) in [6.45, 7) is 4.12. The van der Waals surface area contributed by atoms with Crippen LogP contribution in [0.3, 0.4) is 0 Å². The van der Waals surface area contributed by atoms with Gasteiger partial charge in [-0.2, -0.15) is 0 Å². The van der Waals surface area contributed by atoms with Crippen LogP contribution in [0.2, 0.25) is 0 Å². The van der Waals surface area contributed by atoms with Crippen LogP contribution >= 0.6 is 0 Å². The molecule has 5 rings (SSSR count). The van der Waals surface area contributed by atoms with Crippen LogP contribution in [0.5, 0.6) is 11.5 Å². The number of hydrogen-bond donors (Lipinski definition) is 2. The van der Waals surface area contributed by atoms with Crippen molar-refractivity contribution in [3.8, 4) is 11.5 Å². The maximum absolute atomic E-state index is 12.8. The van der Waals surface area contributed by atoms with Gasteiger partial charge in [-0.3, -0.25) is 4.79 Å². The Morgan fingerprint density at radius 1 is 0.977 bits per heavy atom. The van der Waals surface area contributed by atoms with Gasteiger partial charge in [-0.25, -0.2) is 13.1 Å². The van der Waals surface area contributed by atoms with Gasteiger partial charge in [-0.05, 0) is 91.1 Å². The van der Waals surface area contributed by atoms with Gasteiger partial charge in [-0.15, -0.1) is 0 Å². The molecule has 232 valence electrons. The van der Waals surface area contributed by atoms with Crippen LogP contribution in [0.4, 0.5) is 0 Å². The van der Waals surface area contributed by atoms with E-state index in [1.54, 1.807) is 39.3 Å². The lowest BCUT2D eigenvalue weighted by atomic mass is 9.85. The van der Waals surface area contributed by atoms with Gasteiger partial charge < -0.3 is 19.1 Å². The van der Waals surface area contributed by atoms with E-state index in [2.05, 4.69) is 29.0 Å². The number of aryl methyl sites for hydroxylation is 1. The molecular weight excluding hydrogens is 576 g/mol. The number of carbonyl (C=O) groups is 1. The fraction of sp³-hybridized carbons (Fsp3) is 0.343. The van der Waals surface area contributed by atoms with Crippen molar-refractivity contribution in [2.24, 2.45) is 11.8 Å². The lowest BCUT2D eigenvalue weighted by Gasteiger charge is -2.27. The molecule has 2 N–H and O–H groups in total. The number of aliphatic hydroxyl groups is 1. The second-order valence-corrected chi connectivity index (χ2v) is 13.4. The number of hydrogen-bond acceptors (Lipinski definition) is 6. The van der Waals surface area contributed by atoms with Crippen molar-refractivity contribution >= 4 is 15.9 Å². The van der Waals surface area contributed by atoms with Gasteiger partial charge in [0.1, 0.15) is 11.5 Å². The average molecular weight is 617 g/mol. The Bertz CT molecular complexity index is 1700. The second-order valence-electron chi connectivity index (χ2n) is 11.7. The van der Waals surface area contributed by atoms with Crippen molar-refractivity contribution in [2.45, 2.75) is 57.1 Å². The van der Waals surface area contributed by atoms with Crippen molar-refractivity contribution in [1.29, 1.82) is 0 Å². The number of sulfonamides is 1. The van der Waals surface area contributed by atoms with E-state index in [-0.39, 0.29) is 17.2 Å². The molecule has 3 aromatic carbocycles. The SMILES string of the molecule is COc1cc([C@@H](O)[C@@H](CC2Cc3ccccc3C2)Cn2ccc(CC(=O)NS(=O)(=O)c3ccccc3C)c2)cc(OC)c1C. The van der Waals surface area contributed by atoms with Gasteiger partial charge in [0.25, 0.3) is 10.0 Å². The number of carbonyl (C=O) groups excluding carboxylic acids is 1. The Morgan fingerprint density at radius 3 is 2.20 bits per heavy atom. The first kappa shape index (κ1) is 31.3. The highest BCUT2D eigenvalue weighted by Gasteiger charge is 2.30. The summed E-state index contributed by atoms with van der Waals surface area (Å²) in [5, 5.41) is 11.8. The van der Waals surface area contributed by atoms with E-state index >= 15 is 0 Å². The molecule has 0 unspecified atom stereocenters. The Kier molecular flexibility index (Phi) is 9.46. The molecule has 0 fully saturated rings. The van der Waals surface area contributed by atoms with Crippen molar-refractivity contribution < 1.29 is 27.8 Å². The zero-order chi connectivity index (χ0) is 31.4. The fourth-order valence-electron chi connectivity index (χ4n) is 6.36. The first-order valence-corrected chi connectivity index (χ1v) is 16.3. The van der Waals surface area contributed by atoms with Gasteiger partial charge in [-0.1, -0.05) is 42.5 Å². The molecule has 44 heavy (non-hydrogen) atoms. The maximum Gasteiger partial charge on any atom is 0.264 e.